The minimum absolute atomic E-state index is 0.0126. The molecule has 0 radical (unpaired) electrons. The normalized spacial score (nSPS) is 29.3. The standard InChI is InChI=1S/C19H25FN2O4/c1-4-26-15-9-19(10-23,18(15,2)3)22-17(25)13-8-16(24)21-14-7-11(20)5-6-12(13)14/h5-7,13,15,23H,4,8-10H2,1-3H3,(H,21,24)(H,22,25). The Bertz CT molecular complexity index is 736. The number of carbonyl (C=O) groups is 2. The molecule has 0 bridgehead atoms. The molecule has 1 aromatic rings. The van der Waals surface area contributed by atoms with Crippen molar-refractivity contribution in [2.75, 3.05) is 18.5 Å². The molecule has 1 fully saturated rings. The molecule has 0 saturated heterocycles. The van der Waals surface area contributed by atoms with Crippen LogP contribution >= 0.6 is 0 Å². The maximum Gasteiger partial charge on any atom is 0.228 e. The summed E-state index contributed by atoms with van der Waals surface area (Å²) in [5.41, 5.74) is -0.358. The molecule has 2 amide bonds. The number of hydrogen-bond acceptors (Lipinski definition) is 4. The summed E-state index contributed by atoms with van der Waals surface area (Å²) in [6.45, 7) is 6.15. The summed E-state index contributed by atoms with van der Waals surface area (Å²) in [5.74, 6) is -1.87. The van der Waals surface area contributed by atoms with Gasteiger partial charge in [-0.05, 0) is 24.6 Å². The Hall–Kier alpha value is -1.99. The van der Waals surface area contributed by atoms with Crippen LogP contribution in [-0.4, -0.2) is 41.8 Å². The molecule has 0 aromatic heterocycles. The number of anilines is 1. The highest BCUT2D eigenvalue weighted by Gasteiger charge is 2.61. The monoisotopic (exact) mass is 364 g/mol. The number of hydrogen-bond donors (Lipinski definition) is 3. The minimum atomic E-state index is -0.808. The topological polar surface area (TPSA) is 87.7 Å². The van der Waals surface area contributed by atoms with E-state index >= 15 is 0 Å². The van der Waals surface area contributed by atoms with Gasteiger partial charge in [0.2, 0.25) is 11.8 Å². The molecule has 0 spiro atoms. The van der Waals surface area contributed by atoms with Gasteiger partial charge in [0.25, 0.3) is 0 Å². The van der Waals surface area contributed by atoms with E-state index in [1.807, 2.05) is 20.8 Å². The first-order valence-corrected chi connectivity index (χ1v) is 8.88. The Morgan fingerprint density at radius 3 is 2.81 bits per heavy atom. The van der Waals surface area contributed by atoms with Crippen molar-refractivity contribution in [1.82, 2.24) is 5.32 Å². The quantitative estimate of drug-likeness (QED) is 0.745. The lowest BCUT2D eigenvalue weighted by Crippen LogP contribution is -2.74. The van der Waals surface area contributed by atoms with E-state index in [1.165, 1.54) is 18.2 Å². The first-order chi connectivity index (χ1) is 12.2. The Kier molecular flexibility index (Phi) is 4.79. The summed E-state index contributed by atoms with van der Waals surface area (Å²) in [6.07, 6.45) is 0.433. The highest BCUT2D eigenvalue weighted by molar-refractivity contribution is 6.01. The lowest BCUT2D eigenvalue weighted by Gasteiger charge is -2.60. The summed E-state index contributed by atoms with van der Waals surface area (Å²) in [7, 11) is 0. The summed E-state index contributed by atoms with van der Waals surface area (Å²) in [4.78, 5) is 24.9. The van der Waals surface area contributed by atoms with E-state index in [4.69, 9.17) is 4.74 Å². The van der Waals surface area contributed by atoms with Gasteiger partial charge in [-0.3, -0.25) is 9.59 Å². The molecule has 1 heterocycles. The van der Waals surface area contributed by atoms with Gasteiger partial charge in [0, 0.05) is 30.6 Å². The predicted molar refractivity (Wildman–Crippen MR) is 94.2 cm³/mol. The van der Waals surface area contributed by atoms with Gasteiger partial charge >= 0.3 is 0 Å². The summed E-state index contributed by atoms with van der Waals surface area (Å²) in [6, 6.07) is 4.01. The van der Waals surface area contributed by atoms with Crippen molar-refractivity contribution in [2.24, 2.45) is 5.41 Å². The molecule has 1 aliphatic heterocycles. The molecule has 3 N–H and O–H groups in total. The second-order valence-electron chi connectivity index (χ2n) is 7.64. The predicted octanol–water partition coefficient (Wildman–Crippen LogP) is 1.93. The number of amides is 2. The van der Waals surface area contributed by atoms with Gasteiger partial charge in [0.15, 0.2) is 0 Å². The number of aliphatic hydroxyl groups excluding tert-OH is 1. The van der Waals surface area contributed by atoms with Gasteiger partial charge in [-0.25, -0.2) is 4.39 Å². The Balaban J connectivity index is 1.83. The Morgan fingerprint density at radius 1 is 1.46 bits per heavy atom. The van der Waals surface area contributed by atoms with Crippen molar-refractivity contribution >= 4 is 17.5 Å². The van der Waals surface area contributed by atoms with Crippen molar-refractivity contribution in [3.63, 3.8) is 0 Å². The molecule has 7 heteroatoms. The second kappa shape index (κ2) is 6.63. The van der Waals surface area contributed by atoms with Gasteiger partial charge < -0.3 is 20.5 Å². The van der Waals surface area contributed by atoms with Crippen LogP contribution in [0.3, 0.4) is 0 Å². The fraction of sp³-hybridized carbons (Fsp3) is 0.579. The molecule has 3 atom stereocenters. The average Bonchev–Trinajstić information content (AvgIpc) is 2.59. The number of nitrogens with one attached hydrogen (secondary N) is 2. The van der Waals surface area contributed by atoms with E-state index in [0.29, 0.717) is 24.3 Å². The van der Waals surface area contributed by atoms with E-state index in [-0.39, 0.29) is 30.9 Å². The molecule has 3 rings (SSSR count). The largest absolute Gasteiger partial charge is 0.394 e. The molecule has 1 aromatic carbocycles. The second-order valence-corrected chi connectivity index (χ2v) is 7.64. The fourth-order valence-corrected chi connectivity index (χ4v) is 3.99. The zero-order chi connectivity index (χ0) is 19.1. The van der Waals surface area contributed by atoms with Crippen LogP contribution in [0.4, 0.5) is 10.1 Å². The van der Waals surface area contributed by atoms with Gasteiger partial charge in [0.1, 0.15) is 5.82 Å². The average molecular weight is 364 g/mol. The van der Waals surface area contributed by atoms with Crippen LogP contribution in [0.5, 0.6) is 0 Å². The number of aliphatic hydroxyl groups is 1. The number of rotatable bonds is 5. The van der Waals surface area contributed by atoms with E-state index < -0.39 is 22.7 Å². The van der Waals surface area contributed by atoms with E-state index in [2.05, 4.69) is 10.6 Å². The first-order valence-electron chi connectivity index (χ1n) is 8.88. The van der Waals surface area contributed by atoms with Crippen LogP contribution in [0.15, 0.2) is 18.2 Å². The van der Waals surface area contributed by atoms with Crippen LogP contribution in [0, 0.1) is 11.2 Å². The Morgan fingerprint density at radius 2 is 2.19 bits per heavy atom. The number of fused-ring (bicyclic) bond motifs is 1. The van der Waals surface area contributed by atoms with Crippen LogP contribution in [0.25, 0.3) is 0 Å². The third-order valence-corrected chi connectivity index (χ3v) is 5.94. The van der Waals surface area contributed by atoms with E-state index in [9.17, 15) is 19.1 Å². The molecular weight excluding hydrogens is 339 g/mol. The van der Waals surface area contributed by atoms with Gasteiger partial charge in [-0.1, -0.05) is 19.9 Å². The maximum atomic E-state index is 13.5. The van der Waals surface area contributed by atoms with E-state index in [1.54, 1.807) is 0 Å². The molecule has 1 saturated carbocycles. The third kappa shape index (κ3) is 2.89. The number of ether oxygens (including phenoxy) is 1. The van der Waals surface area contributed by atoms with Crippen LogP contribution in [0.2, 0.25) is 0 Å². The Labute approximate surface area is 152 Å². The van der Waals surface area contributed by atoms with Gasteiger partial charge in [-0.2, -0.15) is 0 Å². The molecule has 1 aliphatic carbocycles. The van der Waals surface area contributed by atoms with Crippen molar-refractivity contribution in [2.45, 2.75) is 51.2 Å². The lowest BCUT2D eigenvalue weighted by molar-refractivity contribution is -0.181. The minimum Gasteiger partial charge on any atom is -0.394 e. The molecular formula is C19H25FN2O4. The smallest absolute Gasteiger partial charge is 0.228 e. The summed E-state index contributed by atoms with van der Waals surface area (Å²) < 4.78 is 19.2. The molecule has 3 unspecified atom stereocenters. The highest BCUT2D eigenvalue weighted by atomic mass is 19.1. The van der Waals surface area contributed by atoms with Crippen molar-refractivity contribution in [3.05, 3.63) is 29.6 Å². The SMILES string of the molecule is CCOC1CC(CO)(NC(=O)C2CC(=O)Nc3cc(F)ccc32)C1(C)C. The van der Waals surface area contributed by atoms with Crippen molar-refractivity contribution < 1.29 is 23.8 Å². The van der Waals surface area contributed by atoms with Crippen molar-refractivity contribution in [3.8, 4) is 0 Å². The first kappa shape index (κ1) is 18.8. The van der Waals surface area contributed by atoms with E-state index in [0.717, 1.165) is 0 Å². The third-order valence-electron chi connectivity index (χ3n) is 5.94. The molecule has 26 heavy (non-hydrogen) atoms. The molecule has 142 valence electrons. The van der Waals surface area contributed by atoms with Crippen LogP contribution < -0.4 is 10.6 Å². The maximum absolute atomic E-state index is 13.5. The van der Waals surface area contributed by atoms with Crippen LogP contribution in [0.1, 0.15) is 45.1 Å². The highest BCUT2D eigenvalue weighted by Crippen LogP contribution is 2.51. The van der Waals surface area contributed by atoms with Gasteiger partial charge in [-0.15, -0.1) is 0 Å². The number of carbonyl (C=O) groups excluding carboxylic acids is 2. The summed E-state index contributed by atoms with van der Waals surface area (Å²) in [5, 5.41) is 15.6. The zero-order valence-corrected chi connectivity index (χ0v) is 15.3. The number of halogens is 1. The fourth-order valence-electron chi connectivity index (χ4n) is 3.99. The molecule has 6 nitrogen and oxygen atoms in total. The number of benzene rings is 1. The molecule has 2 aliphatic rings. The zero-order valence-electron chi connectivity index (χ0n) is 15.3. The van der Waals surface area contributed by atoms with Crippen LogP contribution in [-0.2, 0) is 14.3 Å². The van der Waals surface area contributed by atoms with Crippen molar-refractivity contribution in [1.29, 1.82) is 0 Å². The lowest BCUT2D eigenvalue weighted by atomic mass is 9.54. The summed E-state index contributed by atoms with van der Waals surface area (Å²) >= 11 is 0. The van der Waals surface area contributed by atoms with Gasteiger partial charge in [0.05, 0.1) is 24.2 Å².